The maximum absolute atomic E-state index is 12.0. The lowest BCUT2D eigenvalue weighted by Crippen LogP contribution is -2.37. The summed E-state index contributed by atoms with van der Waals surface area (Å²) < 4.78 is 0. The van der Waals surface area contributed by atoms with E-state index < -0.39 is 0 Å². The lowest BCUT2D eigenvalue weighted by Gasteiger charge is -2.26. The first-order chi connectivity index (χ1) is 8.54. The van der Waals surface area contributed by atoms with Gasteiger partial charge in [0.1, 0.15) is 10.3 Å². The average Bonchev–Trinajstić information content (AvgIpc) is 2.31. The van der Waals surface area contributed by atoms with Crippen LogP contribution in [-0.2, 0) is 0 Å². The van der Waals surface area contributed by atoms with Gasteiger partial charge in [0.25, 0.3) is 5.91 Å². The van der Waals surface area contributed by atoms with E-state index in [0.717, 1.165) is 18.8 Å². The molecule has 1 fully saturated rings. The minimum Gasteiger partial charge on any atom is -0.349 e. The number of carbonyl (C=O) groups excluding carboxylic acids is 1. The van der Waals surface area contributed by atoms with Crippen LogP contribution < -0.4 is 5.32 Å². The van der Waals surface area contributed by atoms with Crippen LogP contribution in [0.15, 0.2) is 12.1 Å². The van der Waals surface area contributed by atoms with Crippen molar-refractivity contribution >= 4 is 29.1 Å². The molecule has 0 spiro atoms. The molecule has 1 amide bonds. The molecule has 1 aliphatic rings. The molecule has 1 heterocycles. The van der Waals surface area contributed by atoms with E-state index in [0.29, 0.717) is 5.56 Å². The van der Waals surface area contributed by atoms with Crippen molar-refractivity contribution in [3.05, 3.63) is 28.0 Å². The predicted octanol–water partition coefficient (Wildman–Crippen LogP) is 3.70. The van der Waals surface area contributed by atoms with E-state index >= 15 is 0 Å². The Labute approximate surface area is 117 Å². The quantitative estimate of drug-likeness (QED) is 0.843. The highest BCUT2D eigenvalue weighted by Gasteiger charge is 2.20. The fourth-order valence-electron chi connectivity index (χ4n) is 2.27. The molecule has 0 atom stereocenters. The Kier molecular flexibility index (Phi) is 4.46. The molecule has 1 aromatic heterocycles. The molecule has 0 bridgehead atoms. The Morgan fingerprint density at radius 3 is 2.33 bits per heavy atom. The molecule has 2 rings (SSSR count). The minimum absolute atomic E-state index is 0.124. The summed E-state index contributed by atoms with van der Waals surface area (Å²) in [5, 5.41) is 3.51. The third-order valence-electron chi connectivity index (χ3n) is 3.38. The van der Waals surface area contributed by atoms with E-state index in [1.807, 2.05) is 0 Å². The molecule has 0 aromatic carbocycles. The maximum atomic E-state index is 12.0. The van der Waals surface area contributed by atoms with Gasteiger partial charge in [0.05, 0.1) is 0 Å². The Bertz CT molecular complexity index is 422. The molecule has 5 heteroatoms. The second-order valence-corrected chi connectivity index (χ2v) is 5.71. The van der Waals surface area contributed by atoms with Crippen molar-refractivity contribution in [1.29, 1.82) is 0 Å². The number of carbonyl (C=O) groups is 1. The lowest BCUT2D eigenvalue weighted by molar-refractivity contribution is 0.0923. The van der Waals surface area contributed by atoms with E-state index in [2.05, 4.69) is 17.2 Å². The molecule has 0 unspecified atom stereocenters. The Balaban J connectivity index is 1.99. The number of nitrogens with one attached hydrogen (secondary N) is 1. The smallest absolute Gasteiger partial charge is 0.251 e. The number of hydrogen-bond acceptors (Lipinski definition) is 2. The Hall–Kier alpha value is -0.800. The van der Waals surface area contributed by atoms with Gasteiger partial charge in [-0.15, -0.1) is 0 Å². The Morgan fingerprint density at radius 1 is 1.22 bits per heavy atom. The summed E-state index contributed by atoms with van der Waals surface area (Å²) in [5.74, 6) is 0.642. The topological polar surface area (TPSA) is 42.0 Å². The zero-order valence-electron chi connectivity index (χ0n) is 10.2. The third-order valence-corrected chi connectivity index (χ3v) is 3.76. The van der Waals surface area contributed by atoms with Crippen molar-refractivity contribution < 1.29 is 4.79 Å². The summed E-state index contributed by atoms with van der Waals surface area (Å²) in [6.45, 7) is 2.25. The fourth-order valence-corrected chi connectivity index (χ4v) is 2.73. The highest BCUT2D eigenvalue weighted by molar-refractivity contribution is 6.33. The second kappa shape index (κ2) is 5.89. The highest BCUT2D eigenvalue weighted by Crippen LogP contribution is 2.24. The van der Waals surface area contributed by atoms with Gasteiger partial charge in [0, 0.05) is 11.6 Å². The van der Waals surface area contributed by atoms with E-state index in [1.165, 1.54) is 25.0 Å². The van der Waals surface area contributed by atoms with Gasteiger partial charge >= 0.3 is 0 Å². The van der Waals surface area contributed by atoms with Crippen LogP contribution in [0.25, 0.3) is 0 Å². The number of pyridine rings is 1. The first-order valence-electron chi connectivity index (χ1n) is 6.18. The molecular formula is C13H16Cl2N2O. The van der Waals surface area contributed by atoms with Crippen LogP contribution in [0.5, 0.6) is 0 Å². The van der Waals surface area contributed by atoms with Crippen molar-refractivity contribution in [1.82, 2.24) is 10.3 Å². The summed E-state index contributed by atoms with van der Waals surface area (Å²) >= 11 is 11.6. The third kappa shape index (κ3) is 3.59. The van der Waals surface area contributed by atoms with Crippen LogP contribution in [0.1, 0.15) is 43.0 Å². The normalized spacial score (nSPS) is 23.7. The summed E-state index contributed by atoms with van der Waals surface area (Å²) in [7, 11) is 0. The molecule has 98 valence electrons. The van der Waals surface area contributed by atoms with Gasteiger partial charge in [-0.25, -0.2) is 4.98 Å². The number of hydrogen-bond donors (Lipinski definition) is 1. The SMILES string of the molecule is CC1CCC(NC(=O)c2cc(Cl)nc(Cl)c2)CC1. The number of amides is 1. The van der Waals surface area contributed by atoms with E-state index in [-0.39, 0.29) is 22.3 Å². The molecular weight excluding hydrogens is 271 g/mol. The van der Waals surface area contributed by atoms with Crippen molar-refractivity contribution in [2.45, 2.75) is 38.6 Å². The zero-order valence-corrected chi connectivity index (χ0v) is 11.8. The van der Waals surface area contributed by atoms with Crippen molar-refractivity contribution in [2.75, 3.05) is 0 Å². The molecule has 0 aliphatic heterocycles. The van der Waals surface area contributed by atoms with Gasteiger partial charge in [0.2, 0.25) is 0 Å². The van der Waals surface area contributed by atoms with Gasteiger partial charge in [0.15, 0.2) is 0 Å². The minimum atomic E-state index is -0.124. The molecule has 1 saturated carbocycles. The van der Waals surface area contributed by atoms with Crippen LogP contribution >= 0.6 is 23.2 Å². The van der Waals surface area contributed by atoms with Crippen molar-refractivity contribution in [2.24, 2.45) is 5.92 Å². The molecule has 1 aromatic rings. The van der Waals surface area contributed by atoms with E-state index in [4.69, 9.17) is 23.2 Å². The summed E-state index contributed by atoms with van der Waals surface area (Å²) in [6.07, 6.45) is 4.42. The first kappa shape index (κ1) is 13.6. The molecule has 1 N–H and O–H groups in total. The molecule has 18 heavy (non-hydrogen) atoms. The highest BCUT2D eigenvalue weighted by atomic mass is 35.5. The van der Waals surface area contributed by atoms with E-state index in [1.54, 1.807) is 0 Å². The van der Waals surface area contributed by atoms with E-state index in [9.17, 15) is 4.79 Å². The number of rotatable bonds is 2. The van der Waals surface area contributed by atoms with Gasteiger partial charge in [-0.05, 0) is 43.7 Å². The number of nitrogens with zero attached hydrogens (tertiary/aromatic N) is 1. The number of halogens is 2. The largest absolute Gasteiger partial charge is 0.349 e. The van der Waals surface area contributed by atoms with Gasteiger partial charge in [-0.2, -0.15) is 0 Å². The van der Waals surface area contributed by atoms with Crippen LogP contribution in [0.2, 0.25) is 10.3 Å². The Morgan fingerprint density at radius 2 is 1.78 bits per heavy atom. The van der Waals surface area contributed by atoms with Crippen molar-refractivity contribution in [3.8, 4) is 0 Å². The summed E-state index contributed by atoms with van der Waals surface area (Å²) in [6, 6.07) is 3.34. The number of aromatic nitrogens is 1. The standard InChI is InChI=1S/C13H16Cl2N2O/c1-8-2-4-10(5-3-8)16-13(18)9-6-11(14)17-12(15)7-9/h6-8,10H,2-5H2,1H3,(H,16,18). The summed E-state index contributed by atoms with van der Waals surface area (Å²) in [5.41, 5.74) is 0.471. The second-order valence-electron chi connectivity index (χ2n) is 4.93. The molecule has 3 nitrogen and oxygen atoms in total. The van der Waals surface area contributed by atoms with Gasteiger partial charge in [-0.3, -0.25) is 4.79 Å². The van der Waals surface area contributed by atoms with Gasteiger partial charge in [-0.1, -0.05) is 30.1 Å². The van der Waals surface area contributed by atoms with Crippen LogP contribution in [0.4, 0.5) is 0 Å². The lowest BCUT2D eigenvalue weighted by atomic mass is 9.87. The first-order valence-corrected chi connectivity index (χ1v) is 6.94. The van der Waals surface area contributed by atoms with Crippen LogP contribution in [-0.4, -0.2) is 16.9 Å². The molecule has 0 radical (unpaired) electrons. The predicted molar refractivity (Wildman–Crippen MR) is 73.1 cm³/mol. The van der Waals surface area contributed by atoms with Crippen LogP contribution in [0.3, 0.4) is 0 Å². The summed E-state index contributed by atoms with van der Waals surface area (Å²) in [4.78, 5) is 15.9. The zero-order chi connectivity index (χ0) is 13.1. The van der Waals surface area contributed by atoms with Gasteiger partial charge < -0.3 is 5.32 Å². The average molecular weight is 287 g/mol. The monoisotopic (exact) mass is 286 g/mol. The van der Waals surface area contributed by atoms with Crippen LogP contribution in [0, 0.1) is 5.92 Å². The molecule has 0 saturated heterocycles. The fraction of sp³-hybridized carbons (Fsp3) is 0.538. The maximum Gasteiger partial charge on any atom is 0.251 e. The van der Waals surface area contributed by atoms with Crippen molar-refractivity contribution in [3.63, 3.8) is 0 Å². The molecule has 1 aliphatic carbocycles.